The molecule has 0 aromatic rings. The molecule has 1 fully saturated rings. The molecule has 6 heteroatoms. The first-order valence-corrected chi connectivity index (χ1v) is 6.09. The van der Waals surface area contributed by atoms with Crippen LogP contribution >= 0.6 is 24.8 Å². The van der Waals surface area contributed by atoms with E-state index in [0.717, 1.165) is 25.9 Å². The van der Waals surface area contributed by atoms with Gasteiger partial charge in [-0.3, -0.25) is 4.79 Å². The van der Waals surface area contributed by atoms with Gasteiger partial charge in [0.15, 0.2) is 0 Å². The minimum absolute atomic E-state index is 0. The first-order chi connectivity index (χ1) is 7.43. The van der Waals surface area contributed by atoms with Gasteiger partial charge < -0.3 is 15.5 Å². The third kappa shape index (κ3) is 6.23. The van der Waals surface area contributed by atoms with E-state index < -0.39 is 0 Å². The highest BCUT2D eigenvalue weighted by molar-refractivity contribution is 5.85. The second-order valence-electron chi connectivity index (χ2n) is 5.45. The lowest BCUT2D eigenvalue weighted by Gasteiger charge is -2.33. The van der Waals surface area contributed by atoms with Crippen LogP contribution in [0.15, 0.2) is 0 Å². The molecule has 2 N–H and O–H groups in total. The smallest absolute Gasteiger partial charge is 0.223 e. The van der Waals surface area contributed by atoms with Gasteiger partial charge in [0.1, 0.15) is 0 Å². The summed E-state index contributed by atoms with van der Waals surface area (Å²) in [5, 5.41) is 6.34. The van der Waals surface area contributed by atoms with Gasteiger partial charge >= 0.3 is 0 Å². The van der Waals surface area contributed by atoms with E-state index in [0.29, 0.717) is 6.54 Å². The van der Waals surface area contributed by atoms with Crippen molar-refractivity contribution in [3.05, 3.63) is 0 Å². The van der Waals surface area contributed by atoms with Crippen molar-refractivity contribution in [1.82, 2.24) is 15.5 Å². The molecule has 0 aromatic heterocycles. The van der Waals surface area contributed by atoms with Gasteiger partial charge in [0.25, 0.3) is 0 Å². The zero-order valence-corrected chi connectivity index (χ0v) is 13.4. The van der Waals surface area contributed by atoms with Crippen molar-refractivity contribution in [2.75, 3.05) is 33.7 Å². The molecule has 0 unspecified atom stereocenters. The number of piperidine rings is 1. The Bertz CT molecular complexity index is 241. The highest BCUT2D eigenvalue weighted by Gasteiger charge is 2.25. The molecule has 1 rings (SSSR count). The Balaban J connectivity index is 0. The molecule has 0 spiro atoms. The summed E-state index contributed by atoms with van der Waals surface area (Å²) in [6, 6.07) is 0. The molecule has 1 aliphatic heterocycles. The second kappa shape index (κ2) is 8.97. The Kier molecular flexibility index (Phi) is 10.1. The van der Waals surface area contributed by atoms with Crippen molar-refractivity contribution in [3.8, 4) is 0 Å². The first-order valence-electron chi connectivity index (χ1n) is 6.09. The summed E-state index contributed by atoms with van der Waals surface area (Å²) < 4.78 is 0. The monoisotopic (exact) mass is 299 g/mol. The Hall–Kier alpha value is -0.0300. The Labute approximate surface area is 123 Å². The maximum atomic E-state index is 11.9. The minimum atomic E-state index is 0. The van der Waals surface area contributed by atoms with Gasteiger partial charge in [-0.2, -0.15) is 0 Å². The summed E-state index contributed by atoms with van der Waals surface area (Å²) in [6.45, 7) is 6.92. The molecule has 0 atom stereocenters. The van der Waals surface area contributed by atoms with Crippen LogP contribution in [0.5, 0.6) is 0 Å². The first kappa shape index (κ1) is 20.3. The van der Waals surface area contributed by atoms with Crippen molar-refractivity contribution < 1.29 is 4.79 Å². The summed E-state index contributed by atoms with van der Waals surface area (Å²) >= 11 is 0. The number of amides is 1. The van der Waals surface area contributed by atoms with Crippen LogP contribution in [0.3, 0.4) is 0 Å². The third-order valence-electron chi connectivity index (χ3n) is 3.62. The Morgan fingerprint density at radius 3 is 2.22 bits per heavy atom. The highest BCUT2D eigenvalue weighted by Crippen LogP contribution is 2.13. The Morgan fingerprint density at radius 2 is 1.78 bits per heavy atom. The van der Waals surface area contributed by atoms with Crippen LogP contribution in [0.4, 0.5) is 0 Å². The molecule has 1 saturated heterocycles. The van der Waals surface area contributed by atoms with Crippen LogP contribution in [0.25, 0.3) is 0 Å². The summed E-state index contributed by atoms with van der Waals surface area (Å²) in [7, 11) is 4.08. The van der Waals surface area contributed by atoms with Crippen molar-refractivity contribution in [2.24, 2.45) is 5.92 Å². The number of carbonyl (C=O) groups excluding carboxylic acids is 1. The van der Waals surface area contributed by atoms with E-state index in [1.165, 1.54) is 0 Å². The molecular weight excluding hydrogens is 273 g/mol. The van der Waals surface area contributed by atoms with Gasteiger partial charge in [0.2, 0.25) is 5.91 Å². The van der Waals surface area contributed by atoms with Gasteiger partial charge in [-0.05, 0) is 53.9 Å². The highest BCUT2D eigenvalue weighted by atomic mass is 35.5. The van der Waals surface area contributed by atoms with Crippen LogP contribution in [0, 0.1) is 5.92 Å². The average molecular weight is 300 g/mol. The number of nitrogens with one attached hydrogen (secondary N) is 2. The van der Waals surface area contributed by atoms with Gasteiger partial charge in [-0.1, -0.05) is 0 Å². The van der Waals surface area contributed by atoms with E-state index in [1.54, 1.807) is 0 Å². The molecule has 110 valence electrons. The van der Waals surface area contributed by atoms with Crippen LogP contribution in [-0.4, -0.2) is 50.1 Å². The third-order valence-corrected chi connectivity index (χ3v) is 3.62. The number of hydrogen-bond acceptors (Lipinski definition) is 3. The average Bonchev–Trinajstić information content (AvgIpc) is 2.27. The molecular formula is C12H27Cl2N3O. The predicted octanol–water partition coefficient (Wildman–Crippen LogP) is 1.29. The molecule has 0 radical (unpaired) electrons. The summed E-state index contributed by atoms with van der Waals surface area (Å²) in [6.07, 6.45) is 1.93. The van der Waals surface area contributed by atoms with E-state index in [9.17, 15) is 4.79 Å². The van der Waals surface area contributed by atoms with Crippen molar-refractivity contribution >= 4 is 30.7 Å². The van der Waals surface area contributed by atoms with Crippen molar-refractivity contribution in [2.45, 2.75) is 32.2 Å². The van der Waals surface area contributed by atoms with Crippen molar-refractivity contribution in [1.29, 1.82) is 0 Å². The number of carbonyl (C=O) groups is 1. The predicted molar refractivity (Wildman–Crippen MR) is 80.9 cm³/mol. The maximum absolute atomic E-state index is 11.9. The number of rotatable bonds is 4. The van der Waals surface area contributed by atoms with Crippen molar-refractivity contribution in [3.63, 3.8) is 0 Å². The molecule has 18 heavy (non-hydrogen) atoms. The van der Waals surface area contributed by atoms with Crippen LogP contribution < -0.4 is 10.6 Å². The van der Waals surface area contributed by atoms with E-state index >= 15 is 0 Å². The zero-order valence-electron chi connectivity index (χ0n) is 11.8. The molecule has 1 aliphatic rings. The van der Waals surface area contributed by atoms with Crippen LogP contribution in [0.2, 0.25) is 0 Å². The molecule has 0 bridgehead atoms. The lowest BCUT2D eigenvalue weighted by Crippen LogP contribution is -2.50. The van der Waals surface area contributed by atoms with Gasteiger partial charge in [0, 0.05) is 18.0 Å². The quantitative estimate of drug-likeness (QED) is 0.822. The standard InChI is InChI=1S/C12H25N3O.2ClH/c1-12(2,15(3)4)9-14-11(16)10-5-7-13-8-6-10;;/h10,13H,5-9H2,1-4H3,(H,14,16);2*1H. The molecule has 4 nitrogen and oxygen atoms in total. The molecule has 0 aliphatic carbocycles. The molecule has 0 saturated carbocycles. The summed E-state index contributed by atoms with van der Waals surface area (Å²) in [5.41, 5.74) is 0.0164. The second-order valence-corrected chi connectivity index (χ2v) is 5.45. The SMILES string of the molecule is CN(C)C(C)(C)CNC(=O)C1CCNCC1.Cl.Cl. The molecule has 1 amide bonds. The summed E-state index contributed by atoms with van der Waals surface area (Å²) in [4.78, 5) is 14.0. The van der Waals surface area contributed by atoms with E-state index in [-0.39, 0.29) is 42.2 Å². The fourth-order valence-electron chi connectivity index (χ4n) is 1.69. The summed E-state index contributed by atoms with van der Waals surface area (Å²) in [5.74, 6) is 0.427. The molecule has 1 heterocycles. The van der Waals surface area contributed by atoms with E-state index in [2.05, 4.69) is 29.4 Å². The fourth-order valence-corrected chi connectivity index (χ4v) is 1.69. The number of halogens is 2. The fraction of sp³-hybridized carbons (Fsp3) is 0.917. The number of likely N-dealkylation sites (N-methyl/N-ethyl adjacent to an activating group) is 1. The Morgan fingerprint density at radius 1 is 1.28 bits per heavy atom. The topological polar surface area (TPSA) is 44.4 Å². The van der Waals surface area contributed by atoms with E-state index in [4.69, 9.17) is 0 Å². The minimum Gasteiger partial charge on any atom is -0.354 e. The lowest BCUT2D eigenvalue weighted by molar-refractivity contribution is -0.126. The normalized spacial score (nSPS) is 16.7. The van der Waals surface area contributed by atoms with E-state index in [1.807, 2.05) is 14.1 Å². The van der Waals surface area contributed by atoms with Crippen LogP contribution in [-0.2, 0) is 4.79 Å². The van der Waals surface area contributed by atoms with Crippen LogP contribution in [0.1, 0.15) is 26.7 Å². The maximum Gasteiger partial charge on any atom is 0.223 e. The number of hydrogen-bond donors (Lipinski definition) is 2. The van der Waals surface area contributed by atoms with Gasteiger partial charge in [-0.15, -0.1) is 24.8 Å². The number of nitrogens with zero attached hydrogens (tertiary/aromatic N) is 1. The van der Waals surface area contributed by atoms with Gasteiger partial charge in [-0.25, -0.2) is 0 Å². The zero-order chi connectivity index (χ0) is 12.2. The largest absolute Gasteiger partial charge is 0.354 e. The van der Waals surface area contributed by atoms with Gasteiger partial charge in [0.05, 0.1) is 0 Å². The molecule has 0 aromatic carbocycles. The lowest BCUT2D eigenvalue weighted by atomic mass is 9.96.